The van der Waals surface area contributed by atoms with Crippen molar-refractivity contribution in [3.05, 3.63) is 53.4 Å². The van der Waals surface area contributed by atoms with Crippen LogP contribution in [0.4, 0.5) is 38.0 Å². The minimum absolute atomic E-state index is 0.0425. The topological polar surface area (TPSA) is 144 Å². The Bertz CT molecular complexity index is 1600. The Hall–Kier alpha value is -4.50. The predicted octanol–water partition coefficient (Wildman–Crippen LogP) is 3.40. The van der Waals surface area contributed by atoms with Crippen molar-refractivity contribution in [1.82, 2.24) is 29.5 Å². The summed E-state index contributed by atoms with van der Waals surface area (Å²) >= 11 is 0. The molecule has 0 radical (unpaired) electrons. The molecule has 0 aliphatic carbocycles. The lowest BCUT2D eigenvalue weighted by Crippen LogP contribution is -2.36. The smallest absolute Gasteiger partial charge is 0.453 e. The molecule has 0 bridgehead atoms. The molecule has 0 fully saturated rings. The Morgan fingerprint density at radius 2 is 1.89 bits per heavy atom. The van der Waals surface area contributed by atoms with E-state index in [1.54, 1.807) is 0 Å². The predicted molar refractivity (Wildman–Crippen MR) is 119 cm³/mol. The number of nitrogens with two attached hydrogens (primary N) is 1. The average Bonchev–Trinajstić information content (AvgIpc) is 3.41. The van der Waals surface area contributed by atoms with Crippen LogP contribution in [0.15, 0.2) is 30.7 Å². The average molecular weight is 538 g/mol. The van der Waals surface area contributed by atoms with Gasteiger partial charge in [0.2, 0.25) is 5.91 Å². The number of nitrogens with one attached hydrogen (secondary N) is 1. The number of hydrogen-bond acceptors (Lipinski definition) is 8. The molecule has 0 spiro atoms. The number of aryl methyl sites for hydroxylation is 1. The summed E-state index contributed by atoms with van der Waals surface area (Å²) in [6.45, 7) is 1.46. The quantitative estimate of drug-likeness (QED) is 0.328. The summed E-state index contributed by atoms with van der Waals surface area (Å²) < 4.78 is 80.2. The van der Waals surface area contributed by atoms with E-state index in [9.17, 15) is 36.2 Å². The fourth-order valence-electron chi connectivity index (χ4n) is 4.20. The molecule has 0 saturated heterocycles. The minimum Gasteiger partial charge on any atom is -0.505 e. The van der Waals surface area contributed by atoms with Gasteiger partial charge < -0.3 is 16.2 Å². The number of aromatic nitrogens is 6. The number of nitrogen functional groups attached to an aromatic ring is 1. The minimum atomic E-state index is -5.74. The highest BCUT2D eigenvalue weighted by molar-refractivity contribution is 6.09. The number of hydrogen-bond donors (Lipinski definition) is 3. The Balaban J connectivity index is 1.57. The number of halogens is 6. The second-order valence-electron chi connectivity index (χ2n) is 8.70. The van der Waals surface area contributed by atoms with Gasteiger partial charge in [0, 0.05) is 6.42 Å². The van der Waals surface area contributed by atoms with Crippen LogP contribution >= 0.6 is 0 Å². The van der Waals surface area contributed by atoms with E-state index in [0.717, 1.165) is 23.0 Å². The van der Waals surface area contributed by atoms with Crippen LogP contribution in [0, 0.1) is 5.82 Å². The summed E-state index contributed by atoms with van der Waals surface area (Å²) in [6, 6.07) is 3.39. The molecule has 198 valence electrons. The summed E-state index contributed by atoms with van der Waals surface area (Å²) in [5, 5.41) is 15.9. The molecule has 0 saturated carbocycles. The zero-order valence-electron chi connectivity index (χ0n) is 19.2. The number of carbonyl (C=O) groups is 1. The molecular formula is C22H16F6N8O2. The van der Waals surface area contributed by atoms with Crippen LogP contribution in [-0.4, -0.2) is 52.7 Å². The zero-order valence-corrected chi connectivity index (χ0v) is 19.2. The lowest BCUT2D eigenvalue weighted by molar-refractivity contribution is -0.284. The van der Waals surface area contributed by atoms with Crippen LogP contribution in [0.3, 0.4) is 0 Å². The standard InChI is InChI=1S/C22H16F6N8O2/c1-20(9-2-3-13(37)10(23)6-9)14-15(29)33-16(34-17(14)35-19(20)38)12-7-36-18(30-8-31-36)11(32-12)4-5-21(24,25)22(26,27)28/h2-3,6-8,37H,4-5H2,1H3,(H3,29,33,34,35,38)/t20-/m0/s1. The Morgan fingerprint density at radius 1 is 1.16 bits per heavy atom. The van der Waals surface area contributed by atoms with E-state index in [4.69, 9.17) is 5.73 Å². The van der Waals surface area contributed by atoms with Crippen molar-refractivity contribution >= 4 is 23.2 Å². The van der Waals surface area contributed by atoms with Gasteiger partial charge in [-0.15, -0.1) is 0 Å². The highest BCUT2D eigenvalue weighted by Gasteiger charge is 2.56. The number of carbonyl (C=O) groups excluding carboxylic acids is 1. The second kappa shape index (κ2) is 8.26. The maximum absolute atomic E-state index is 14.1. The van der Waals surface area contributed by atoms with Crippen LogP contribution < -0.4 is 11.1 Å². The molecule has 38 heavy (non-hydrogen) atoms. The zero-order chi connectivity index (χ0) is 27.6. The molecular weight excluding hydrogens is 522 g/mol. The molecule has 5 rings (SSSR count). The van der Waals surface area contributed by atoms with Gasteiger partial charge in [-0.2, -0.15) is 27.1 Å². The normalized spacial score (nSPS) is 17.6. The van der Waals surface area contributed by atoms with Gasteiger partial charge in [-0.3, -0.25) is 4.79 Å². The van der Waals surface area contributed by atoms with Crippen molar-refractivity contribution in [2.45, 2.75) is 37.3 Å². The van der Waals surface area contributed by atoms with Crippen molar-refractivity contribution in [1.29, 1.82) is 0 Å². The van der Waals surface area contributed by atoms with Crippen molar-refractivity contribution in [2.24, 2.45) is 0 Å². The molecule has 4 heterocycles. The maximum atomic E-state index is 14.1. The lowest BCUT2D eigenvalue weighted by atomic mass is 9.77. The van der Waals surface area contributed by atoms with Crippen molar-refractivity contribution in [2.75, 3.05) is 11.1 Å². The third kappa shape index (κ3) is 3.83. The number of phenols is 1. The summed E-state index contributed by atoms with van der Waals surface area (Å²) in [7, 11) is 0. The Kier molecular flexibility index (Phi) is 5.47. The number of alkyl halides is 5. The first-order valence-corrected chi connectivity index (χ1v) is 10.8. The monoisotopic (exact) mass is 538 g/mol. The van der Waals surface area contributed by atoms with Crippen LogP contribution in [-0.2, 0) is 16.6 Å². The van der Waals surface area contributed by atoms with Crippen molar-refractivity contribution < 1.29 is 36.2 Å². The van der Waals surface area contributed by atoms with Gasteiger partial charge in [-0.25, -0.2) is 28.8 Å². The van der Waals surface area contributed by atoms with E-state index < -0.39 is 47.8 Å². The number of fused-ring (bicyclic) bond motifs is 2. The molecule has 1 aliphatic rings. The van der Waals surface area contributed by atoms with Crippen LogP contribution in [0.2, 0.25) is 0 Å². The van der Waals surface area contributed by atoms with Gasteiger partial charge in [-0.1, -0.05) is 6.07 Å². The molecule has 4 aromatic rings. The fraction of sp³-hybridized carbons (Fsp3) is 0.273. The third-order valence-corrected chi connectivity index (χ3v) is 6.30. The first kappa shape index (κ1) is 25.2. The van der Waals surface area contributed by atoms with E-state index in [1.807, 2.05) is 0 Å². The van der Waals surface area contributed by atoms with Gasteiger partial charge >= 0.3 is 12.1 Å². The molecule has 0 unspecified atom stereocenters. The molecule has 1 aliphatic heterocycles. The molecule has 1 atom stereocenters. The number of aromatic hydroxyl groups is 1. The van der Waals surface area contributed by atoms with Crippen LogP contribution in [0.5, 0.6) is 5.75 Å². The van der Waals surface area contributed by atoms with E-state index in [0.29, 0.717) is 0 Å². The fourth-order valence-corrected chi connectivity index (χ4v) is 4.20. The summed E-state index contributed by atoms with van der Waals surface area (Å²) in [4.78, 5) is 29.4. The second-order valence-corrected chi connectivity index (χ2v) is 8.70. The first-order valence-electron chi connectivity index (χ1n) is 10.8. The van der Waals surface area contributed by atoms with E-state index in [-0.39, 0.29) is 45.6 Å². The number of anilines is 2. The van der Waals surface area contributed by atoms with Crippen LogP contribution in [0.1, 0.15) is 30.2 Å². The largest absolute Gasteiger partial charge is 0.505 e. The number of amides is 1. The summed E-state index contributed by atoms with van der Waals surface area (Å²) in [5.41, 5.74) is 4.54. The van der Waals surface area contributed by atoms with Crippen molar-refractivity contribution in [3.8, 4) is 17.3 Å². The summed E-state index contributed by atoms with van der Waals surface area (Å²) in [6.07, 6.45) is -5.80. The summed E-state index contributed by atoms with van der Waals surface area (Å²) in [5.74, 6) is -7.60. The van der Waals surface area contributed by atoms with Gasteiger partial charge in [-0.05, 0) is 31.0 Å². The van der Waals surface area contributed by atoms with E-state index in [2.05, 4.69) is 30.4 Å². The molecule has 1 amide bonds. The first-order chi connectivity index (χ1) is 17.7. The number of benzene rings is 1. The lowest BCUT2D eigenvalue weighted by Gasteiger charge is -2.23. The third-order valence-electron chi connectivity index (χ3n) is 6.30. The number of nitrogens with zero attached hydrogens (tertiary/aromatic N) is 6. The molecule has 16 heteroatoms. The molecule has 3 aromatic heterocycles. The van der Waals surface area contributed by atoms with E-state index in [1.165, 1.54) is 19.2 Å². The number of rotatable bonds is 5. The van der Waals surface area contributed by atoms with Gasteiger partial charge in [0.1, 0.15) is 29.1 Å². The van der Waals surface area contributed by atoms with E-state index >= 15 is 0 Å². The Labute approximate surface area is 208 Å². The van der Waals surface area contributed by atoms with Crippen molar-refractivity contribution in [3.63, 3.8) is 0 Å². The van der Waals surface area contributed by atoms with Gasteiger partial charge in [0.25, 0.3) is 0 Å². The highest BCUT2D eigenvalue weighted by atomic mass is 19.4. The highest BCUT2D eigenvalue weighted by Crippen LogP contribution is 2.45. The molecule has 10 nitrogen and oxygen atoms in total. The molecule has 1 aromatic carbocycles. The van der Waals surface area contributed by atoms with Gasteiger partial charge in [0.05, 0.1) is 17.5 Å². The van der Waals surface area contributed by atoms with Crippen LogP contribution in [0.25, 0.3) is 17.2 Å². The van der Waals surface area contributed by atoms with Gasteiger partial charge in [0.15, 0.2) is 23.0 Å². The maximum Gasteiger partial charge on any atom is 0.453 e. The Morgan fingerprint density at radius 3 is 2.58 bits per heavy atom. The molecule has 4 N–H and O–H groups in total. The SMILES string of the molecule is C[C@@]1(c2ccc(O)c(F)c2)C(=O)Nc2nc(-c3cn4ncnc4c(CCC(F)(F)C(F)(F)F)n3)nc(N)c21. The number of phenolic OH excluding ortho intramolecular Hbond substituents is 1.